The molecule has 0 fully saturated rings. The number of nitrogens with zero attached hydrogens (tertiary/aromatic N) is 4. The highest BCUT2D eigenvalue weighted by atomic mass is 32.2. The van der Waals surface area contributed by atoms with Crippen molar-refractivity contribution in [1.29, 1.82) is 0 Å². The molecule has 1 aliphatic rings. The second-order valence-electron chi connectivity index (χ2n) is 7.94. The lowest BCUT2D eigenvalue weighted by Gasteiger charge is -2.29. The van der Waals surface area contributed by atoms with E-state index in [1.807, 2.05) is 49.4 Å². The van der Waals surface area contributed by atoms with E-state index in [0.29, 0.717) is 33.8 Å². The number of hydrogen-bond donors (Lipinski definition) is 2. The number of para-hydroxylation sites is 1. The topological polar surface area (TPSA) is 94.0 Å². The van der Waals surface area contributed by atoms with Gasteiger partial charge in [0.2, 0.25) is 11.1 Å². The first-order valence-electron chi connectivity index (χ1n) is 11.1. The second-order valence-corrected chi connectivity index (χ2v) is 8.88. The summed E-state index contributed by atoms with van der Waals surface area (Å²) in [4.78, 5) is 22.4. The van der Waals surface area contributed by atoms with Gasteiger partial charge in [-0.2, -0.15) is 4.98 Å². The van der Waals surface area contributed by atoms with Crippen molar-refractivity contribution in [2.75, 3.05) is 17.7 Å². The SMILES string of the molecule is COc1ccccc1C1C(C(=O)Nc2cccnc2)=C(C)Nc2nc(SCc3ccccc3)nn21. The van der Waals surface area contributed by atoms with E-state index in [9.17, 15) is 4.79 Å². The summed E-state index contributed by atoms with van der Waals surface area (Å²) in [5, 5.41) is 11.6. The molecule has 2 N–H and O–H groups in total. The Kier molecular flexibility index (Phi) is 6.49. The van der Waals surface area contributed by atoms with Crippen LogP contribution in [0.15, 0.2) is 95.6 Å². The van der Waals surface area contributed by atoms with Crippen molar-refractivity contribution in [3.63, 3.8) is 0 Å². The normalized spacial score (nSPS) is 14.7. The summed E-state index contributed by atoms with van der Waals surface area (Å²) in [6.07, 6.45) is 3.28. The number of hydrogen-bond acceptors (Lipinski definition) is 7. The third-order valence-corrected chi connectivity index (χ3v) is 6.55. The highest BCUT2D eigenvalue weighted by molar-refractivity contribution is 7.98. The predicted molar refractivity (Wildman–Crippen MR) is 136 cm³/mol. The van der Waals surface area contributed by atoms with E-state index >= 15 is 0 Å². The molecule has 3 heterocycles. The van der Waals surface area contributed by atoms with Crippen molar-refractivity contribution in [1.82, 2.24) is 19.7 Å². The standard InChI is InChI=1S/C26H24N6O2S/c1-17-22(24(33)29-19-11-8-14-27-15-19)23(20-12-6-7-13-21(20)34-2)32-25(28-17)30-26(31-32)35-16-18-9-4-3-5-10-18/h3-15,23H,16H2,1-2H3,(H,29,33)(H,28,30,31). The van der Waals surface area contributed by atoms with Crippen LogP contribution in [0.1, 0.15) is 24.1 Å². The molecule has 0 spiro atoms. The van der Waals surface area contributed by atoms with E-state index in [2.05, 4.69) is 27.8 Å². The fourth-order valence-electron chi connectivity index (χ4n) is 4.02. The summed E-state index contributed by atoms with van der Waals surface area (Å²) in [7, 11) is 1.62. The summed E-state index contributed by atoms with van der Waals surface area (Å²) in [6, 6.07) is 20.9. The number of carbonyl (C=O) groups is 1. The van der Waals surface area contributed by atoms with Gasteiger partial charge in [0.05, 0.1) is 24.6 Å². The number of anilines is 2. The highest BCUT2D eigenvalue weighted by Crippen LogP contribution is 2.40. The molecule has 0 radical (unpaired) electrons. The lowest BCUT2D eigenvalue weighted by Crippen LogP contribution is -2.31. The highest BCUT2D eigenvalue weighted by Gasteiger charge is 2.36. The molecular formula is C26H24N6O2S. The van der Waals surface area contributed by atoms with Crippen molar-refractivity contribution < 1.29 is 9.53 Å². The first-order chi connectivity index (χ1) is 17.1. The van der Waals surface area contributed by atoms with E-state index < -0.39 is 6.04 Å². The Morgan fingerprint density at radius 3 is 2.69 bits per heavy atom. The van der Waals surface area contributed by atoms with Crippen LogP contribution in [0, 0.1) is 0 Å². The molecule has 1 atom stereocenters. The van der Waals surface area contributed by atoms with E-state index in [1.54, 1.807) is 48.1 Å². The van der Waals surface area contributed by atoms with Gasteiger partial charge in [-0.1, -0.05) is 60.3 Å². The molecule has 4 aromatic rings. The maximum atomic E-state index is 13.5. The average molecular weight is 485 g/mol. The minimum Gasteiger partial charge on any atom is -0.496 e. The molecule has 1 unspecified atom stereocenters. The van der Waals surface area contributed by atoms with Crippen LogP contribution in [0.25, 0.3) is 0 Å². The Balaban J connectivity index is 1.53. The number of amides is 1. The van der Waals surface area contributed by atoms with Gasteiger partial charge >= 0.3 is 0 Å². The Morgan fingerprint density at radius 2 is 1.91 bits per heavy atom. The molecule has 1 aliphatic heterocycles. The monoisotopic (exact) mass is 484 g/mol. The van der Waals surface area contributed by atoms with Crippen LogP contribution >= 0.6 is 11.8 Å². The largest absolute Gasteiger partial charge is 0.496 e. The molecule has 2 aromatic heterocycles. The van der Waals surface area contributed by atoms with Crippen molar-refractivity contribution in [2.45, 2.75) is 23.9 Å². The second kappa shape index (κ2) is 10.0. The van der Waals surface area contributed by atoms with E-state index in [1.165, 1.54) is 5.56 Å². The molecule has 35 heavy (non-hydrogen) atoms. The molecule has 0 aliphatic carbocycles. The molecule has 2 aromatic carbocycles. The van der Waals surface area contributed by atoms with E-state index in [-0.39, 0.29) is 5.91 Å². The van der Waals surface area contributed by atoms with Crippen LogP contribution in [0.3, 0.4) is 0 Å². The average Bonchev–Trinajstić information content (AvgIpc) is 3.30. The molecule has 8 nitrogen and oxygen atoms in total. The smallest absolute Gasteiger partial charge is 0.255 e. The van der Waals surface area contributed by atoms with Crippen LogP contribution in [0.5, 0.6) is 5.75 Å². The van der Waals surface area contributed by atoms with Crippen LogP contribution in [-0.2, 0) is 10.5 Å². The molecule has 9 heteroatoms. The number of thioether (sulfide) groups is 1. The number of benzene rings is 2. The van der Waals surface area contributed by atoms with Gasteiger partial charge in [-0.05, 0) is 30.7 Å². The third-order valence-electron chi connectivity index (χ3n) is 5.64. The lowest BCUT2D eigenvalue weighted by molar-refractivity contribution is -0.113. The fraction of sp³-hybridized carbons (Fsp3) is 0.154. The third kappa shape index (κ3) is 4.76. The van der Waals surface area contributed by atoms with E-state index in [0.717, 1.165) is 11.3 Å². The molecule has 176 valence electrons. The van der Waals surface area contributed by atoms with Gasteiger partial charge in [0.15, 0.2) is 0 Å². The number of allylic oxidation sites excluding steroid dienone is 1. The first-order valence-corrected chi connectivity index (χ1v) is 12.1. The number of nitrogens with one attached hydrogen (secondary N) is 2. The van der Waals surface area contributed by atoms with Gasteiger partial charge in [-0.3, -0.25) is 9.78 Å². The summed E-state index contributed by atoms with van der Waals surface area (Å²) < 4.78 is 7.42. The molecular weight excluding hydrogens is 460 g/mol. The zero-order valence-corrected chi connectivity index (χ0v) is 20.1. The molecule has 5 rings (SSSR count). The van der Waals surface area contributed by atoms with Gasteiger partial charge in [-0.15, -0.1) is 5.10 Å². The van der Waals surface area contributed by atoms with E-state index in [4.69, 9.17) is 14.8 Å². The number of fused-ring (bicyclic) bond motifs is 1. The summed E-state index contributed by atoms with van der Waals surface area (Å²) >= 11 is 1.55. The molecule has 1 amide bonds. The summed E-state index contributed by atoms with van der Waals surface area (Å²) in [5.74, 6) is 1.73. The van der Waals surface area contributed by atoms with Crippen LogP contribution in [-0.4, -0.2) is 32.8 Å². The maximum Gasteiger partial charge on any atom is 0.255 e. The predicted octanol–water partition coefficient (Wildman–Crippen LogP) is 4.90. The van der Waals surface area contributed by atoms with Crippen molar-refractivity contribution in [3.8, 4) is 5.75 Å². The van der Waals surface area contributed by atoms with Gasteiger partial charge in [0.25, 0.3) is 5.91 Å². The quantitative estimate of drug-likeness (QED) is 0.360. The number of aromatic nitrogens is 4. The van der Waals surface area contributed by atoms with Crippen molar-refractivity contribution in [2.24, 2.45) is 0 Å². The first kappa shape index (κ1) is 22.7. The number of carbonyl (C=O) groups excluding carboxylic acids is 1. The summed E-state index contributed by atoms with van der Waals surface area (Å²) in [6.45, 7) is 1.87. The molecule has 0 saturated heterocycles. The fourth-order valence-corrected chi connectivity index (χ4v) is 4.81. The Bertz CT molecular complexity index is 1370. The van der Waals surface area contributed by atoms with Crippen LogP contribution < -0.4 is 15.4 Å². The Morgan fingerprint density at radius 1 is 1.11 bits per heavy atom. The Hall–Kier alpha value is -4.11. The van der Waals surface area contributed by atoms with Crippen molar-refractivity contribution >= 4 is 29.3 Å². The molecule has 0 bridgehead atoms. The van der Waals surface area contributed by atoms with Gasteiger partial charge < -0.3 is 15.4 Å². The van der Waals surface area contributed by atoms with Crippen LogP contribution in [0.2, 0.25) is 0 Å². The van der Waals surface area contributed by atoms with Gasteiger partial charge in [0, 0.05) is 23.2 Å². The lowest BCUT2D eigenvalue weighted by atomic mass is 9.94. The molecule has 0 saturated carbocycles. The van der Waals surface area contributed by atoms with Gasteiger partial charge in [0.1, 0.15) is 11.8 Å². The number of ether oxygens (including phenoxy) is 1. The number of pyridine rings is 1. The minimum atomic E-state index is -0.530. The van der Waals surface area contributed by atoms with Crippen molar-refractivity contribution in [3.05, 3.63) is 102 Å². The zero-order valence-electron chi connectivity index (χ0n) is 19.3. The van der Waals surface area contributed by atoms with Gasteiger partial charge in [-0.25, -0.2) is 4.68 Å². The number of rotatable bonds is 7. The number of methoxy groups -OCH3 is 1. The van der Waals surface area contributed by atoms with Crippen LogP contribution in [0.4, 0.5) is 11.6 Å². The maximum absolute atomic E-state index is 13.5. The zero-order chi connectivity index (χ0) is 24.2. The minimum absolute atomic E-state index is 0.251. The summed E-state index contributed by atoms with van der Waals surface area (Å²) in [5.41, 5.74) is 3.83. The Labute approximate surface area is 207 Å².